The van der Waals surface area contributed by atoms with Crippen molar-refractivity contribution in [2.75, 3.05) is 6.79 Å². The number of hydrogen-bond acceptors (Lipinski definition) is 3. The van der Waals surface area contributed by atoms with Crippen molar-refractivity contribution in [3.05, 3.63) is 158 Å². The van der Waals surface area contributed by atoms with Crippen LogP contribution in [0, 0.1) is 0 Å². The Bertz CT molecular complexity index is 2330. The maximum absolute atomic E-state index is 6.19. The molecule has 0 radical (unpaired) electrons. The Morgan fingerprint density at radius 1 is 0.326 bits per heavy atom. The highest BCUT2D eigenvalue weighted by molar-refractivity contribution is 6.06. The van der Waals surface area contributed by atoms with Crippen LogP contribution < -0.4 is 9.47 Å². The molecular formula is C43H28O3. The molecule has 0 amide bonds. The maximum atomic E-state index is 6.19. The first-order valence-electron chi connectivity index (χ1n) is 15.5. The minimum absolute atomic E-state index is 0.149. The summed E-state index contributed by atoms with van der Waals surface area (Å²) in [7, 11) is 0. The van der Waals surface area contributed by atoms with Gasteiger partial charge in [0.25, 0.3) is 0 Å². The largest absolute Gasteiger partial charge is 0.457 e. The molecule has 0 unspecified atom stereocenters. The number of hydrogen-bond donors (Lipinski definition) is 0. The first-order valence-corrected chi connectivity index (χ1v) is 15.5. The second-order valence-electron chi connectivity index (χ2n) is 11.7. The monoisotopic (exact) mass is 592 g/mol. The summed E-state index contributed by atoms with van der Waals surface area (Å²) in [6, 6.07) is 55.3. The number of furan rings is 1. The minimum atomic E-state index is 0.149. The third kappa shape index (κ3) is 4.61. The molecule has 46 heavy (non-hydrogen) atoms. The number of fused-ring (bicyclic) bond motifs is 6. The summed E-state index contributed by atoms with van der Waals surface area (Å²) >= 11 is 0. The predicted octanol–water partition coefficient (Wildman–Crippen LogP) is 11.6. The number of ether oxygens (including phenoxy) is 2. The lowest BCUT2D eigenvalue weighted by Crippen LogP contribution is -2.03. The summed E-state index contributed by atoms with van der Waals surface area (Å²) in [5.41, 5.74) is 13.0. The fraction of sp³-hybridized carbons (Fsp3) is 0.0233. The Kier molecular flexibility index (Phi) is 6.20. The highest BCUT2D eigenvalue weighted by Gasteiger charge is 2.19. The molecule has 0 saturated carbocycles. The standard InChI is InChI=1S/C43H28O3/c1-3-9-28(10-4-1)33-21-34(29-11-5-2-6-12-29)23-35(22-33)31-16-19-40-38(25-31)37-18-15-32(26-43(37)45-27-44-40)30-17-20-42-39(24-30)36-13-7-8-14-41(36)46-42/h1-26H,27H2. The molecular weight excluding hydrogens is 564 g/mol. The van der Waals surface area contributed by atoms with Gasteiger partial charge in [0, 0.05) is 21.9 Å². The van der Waals surface area contributed by atoms with Gasteiger partial charge in [-0.15, -0.1) is 0 Å². The molecule has 0 saturated heterocycles. The van der Waals surface area contributed by atoms with E-state index in [1.54, 1.807) is 0 Å². The van der Waals surface area contributed by atoms with Gasteiger partial charge in [0.2, 0.25) is 6.79 Å². The highest BCUT2D eigenvalue weighted by atomic mass is 16.7. The molecule has 8 aromatic rings. The normalized spacial score (nSPS) is 12.2. The van der Waals surface area contributed by atoms with Gasteiger partial charge >= 0.3 is 0 Å². The lowest BCUT2D eigenvalue weighted by Gasteiger charge is -2.14. The van der Waals surface area contributed by atoms with Gasteiger partial charge in [-0.05, 0) is 105 Å². The van der Waals surface area contributed by atoms with Gasteiger partial charge in [-0.1, -0.05) is 97.1 Å². The van der Waals surface area contributed by atoms with E-state index in [9.17, 15) is 0 Å². The quantitative estimate of drug-likeness (QED) is 0.204. The fourth-order valence-electron chi connectivity index (χ4n) is 6.54. The Morgan fingerprint density at radius 2 is 0.891 bits per heavy atom. The van der Waals surface area contributed by atoms with Crippen molar-refractivity contribution in [3.63, 3.8) is 0 Å². The van der Waals surface area contributed by atoms with E-state index in [2.05, 4.69) is 140 Å². The van der Waals surface area contributed by atoms with Gasteiger partial charge in [-0.25, -0.2) is 0 Å². The molecule has 0 aliphatic carbocycles. The van der Waals surface area contributed by atoms with Crippen molar-refractivity contribution in [1.29, 1.82) is 0 Å². The van der Waals surface area contributed by atoms with Crippen LogP contribution in [0.2, 0.25) is 0 Å². The second-order valence-corrected chi connectivity index (χ2v) is 11.7. The molecule has 1 aliphatic heterocycles. The summed E-state index contributed by atoms with van der Waals surface area (Å²) in [5, 5.41) is 2.22. The summed E-state index contributed by atoms with van der Waals surface area (Å²) < 4.78 is 18.4. The molecule has 3 nitrogen and oxygen atoms in total. The lowest BCUT2D eigenvalue weighted by molar-refractivity contribution is 0.125. The van der Waals surface area contributed by atoms with Crippen molar-refractivity contribution in [2.24, 2.45) is 0 Å². The zero-order valence-electron chi connectivity index (χ0n) is 24.9. The Morgan fingerprint density at radius 3 is 1.65 bits per heavy atom. The highest BCUT2D eigenvalue weighted by Crippen LogP contribution is 2.44. The van der Waals surface area contributed by atoms with Crippen LogP contribution in [0.3, 0.4) is 0 Å². The fourth-order valence-corrected chi connectivity index (χ4v) is 6.54. The zero-order chi connectivity index (χ0) is 30.5. The third-order valence-corrected chi connectivity index (χ3v) is 8.87. The van der Waals surface area contributed by atoms with Crippen molar-refractivity contribution in [1.82, 2.24) is 0 Å². The van der Waals surface area contributed by atoms with E-state index in [-0.39, 0.29) is 6.79 Å². The molecule has 1 aromatic heterocycles. The molecule has 0 bridgehead atoms. The average Bonchev–Trinajstić information content (AvgIpc) is 3.40. The van der Waals surface area contributed by atoms with E-state index in [1.165, 1.54) is 22.3 Å². The van der Waals surface area contributed by atoms with Crippen molar-refractivity contribution >= 4 is 21.9 Å². The minimum Gasteiger partial charge on any atom is -0.457 e. The smallest absolute Gasteiger partial charge is 0.230 e. The molecule has 218 valence electrons. The van der Waals surface area contributed by atoms with E-state index in [0.717, 1.165) is 66.8 Å². The zero-order valence-corrected chi connectivity index (χ0v) is 24.9. The van der Waals surface area contributed by atoms with E-state index in [1.807, 2.05) is 18.2 Å². The third-order valence-electron chi connectivity index (χ3n) is 8.87. The summed E-state index contributed by atoms with van der Waals surface area (Å²) in [5.74, 6) is 1.61. The van der Waals surface area contributed by atoms with Crippen LogP contribution in [0.1, 0.15) is 0 Å². The van der Waals surface area contributed by atoms with Crippen molar-refractivity contribution in [3.8, 4) is 67.1 Å². The lowest BCUT2D eigenvalue weighted by atomic mass is 9.91. The number of para-hydroxylation sites is 1. The van der Waals surface area contributed by atoms with E-state index in [0.29, 0.717) is 0 Å². The van der Waals surface area contributed by atoms with E-state index < -0.39 is 0 Å². The van der Waals surface area contributed by atoms with Gasteiger partial charge in [0.15, 0.2) is 0 Å². The van der Waals surface area contributed by atoms with Crippen molar-refractivity contribution < 1.29 is 13.9 Å². The molecule has 7 aromatic carbocycles. The van der Waals surface area contributed by atoms with Crippen LogP contribution in [0.25, 0.3) is 77.6 Å². The first-order chi connectivity index (χ1) is 22.8. The van der Waals surface area contributed by atoms with Crippen LogP contribution in [0.4, 0.5) is 0 Å². The number of rotatable bonds is 4. The Hall–Kier alpha value is -6.06. The molecule has 3 heteroatoms. The van der Waals surface area contributed by atoms with Crippen LogP contribution in [-0.4, -0.2) is 6.79 Å². The number of benzene rings is 7. The average molecular weight is 593 g/mol. The van der Waals surface area contributed by atoms with E-state index in [4.69, 9.17) is 13.9 Å². The molecule has 0 atom stereocenters. The van der Waals surface area contributed by atoms with Crippen LogP contribution in [0.15, 0.2) is 162 Å². The Labute approximate surface area is 266 Å². The van der Waals surface area contributed by atoms with Gasteiger partial charge < -0.3 is 13.9 Å². The molecule has 0 fully saturated rings. The summed E-state index contributed by atoms with van der Waals surface area (Å²) in [4.78, 5) is 0. The maximum Gasteiger partial charge on any atom is 0.230 e. The second kappa shape index (κ2) is 10.8. The molecule has 1 aliphatic rings. The van der Waals surface area contributed by atoms with Gasteiger partial charge in [0.05, 0.1) is 0 Å². The predicted molar refractivity (Wildman–Crippen MR) is 187 cm³/mol. The molecule has 0 spiro atoms. The topological polar surface area (TPSA) is 31.6 Å². The van der Waals surface area contributed by atoms with Crippen molar-refractivity contribution in [2.45, 2.75) is 0 Å². The van der Waals surface area contributed by atoms with Crippen LogP contribution in [0.5, 0.6) is 11.5 Å². The van der Waals surface area contributed by atoms with Gasteiger partial charge in [-0.2, -0.15) is 0 Å². The first kappa shape index (κ1) is 26.4. The molecule has 9 rings (SSSR count). The van der Waals surface area contributed by atoms with Gasteiger partial charge in [0.1, 0.15) is 22.7 Å². The van der Waals surface area contributed by atoms with E-state index >= 15 is 0 Å². The Balaban J connectivity index is 1.14. The van der Waals surface area contributed by atoms with Crippen LogP contribution in [-0.2, 0) is 0 Å². The molecule has 2 heterocycles. The SMILES string of the molecule is c1ccc(-c2cc(-c3ccccc3)cc(-c3ccc4c(c3)-c3ccc(-c5ccc6oc7ccccc7c6c5)cc3OCO4)c2)cc1. The summed E-state index contributed by atoms with van der Waals surface area (Å²) in [6.45, 7) is 0.149. The van der Waals surface area contributed by atoms with Crippen LogP contribution >= 0.6 is 0 Å². The molecule has 0 N–H and O–H groups in total. The summed E-state index contributed by atoms with van der Waals surface area (Å²) in [6.07, 6.45) is 0. The van der Waals surface area contributed by atoms with Gasteiger partial charge in [-0.3, -0.25) is 0 Å².